The van der Waals surface area contributed by atoms with E-state index in [0.717, 1.165) is 38.5 Å². The molecule has 0 bridgehead atoms. The van der Waals surface area contributed by atoms with Gasteiger partial charge in [-0.15, -0.1) is 0 Å². The first-order valence-electron chi connectivity index (χ1n) is 12.3. The second-order valence-corrected chi connectivity index (χ2v) is 10.8. The summed E-state index contributed by atoms with van der Waals surface area (Å²) >= 11 is 0. The normalized spacial score (nSPS) is 35.7. The number of carbonyl (C=O) groups excluding carboxylic acids is 2. The Hall–Kier alpha value is -2.22. The fourth-order valence-electron chi connectivity index (χ4n) is 7.00. The van der Waals surface area contributed by atoms with Crippen LogP contribution in [0.25, 0.3) is 0 Å². The van der Waals surface area contributed by atoms with Gasteiger partial charge in [0.15, 0.2) is 11.7 Å². The minimum absolute atomic E-state index is 0.0246. The molecule has 3 saturated carbocycles. The molecule has 3 fully saturated rings. The third-order valence-corrected chi connectivity index (χ3v) is 9.00. The molecule has 1 unspecified atom stereocenters. The first-order chi connectivity index (χ1) is 15.5. The maximum absolute atomic E-state index is 12.4. The summed E-state index contributed by atoms with van der Waals surface area (Å²) in [6.07, 6.45) is 11.2. The molecule has 0 aliphatic heterocycles. The van der Waals surface area contributed by atoms with Gasteiger partial charge in [-0.1, -0.05) is 19.4 Å². The minimum atomic E-state index is -1.00. The molecule has 0 radical (unpaired) electrons. The second kappa shape index (κ2) is 9.95. The Bertz CT molecular complexity index is 840. The number of guanidine groups is 1. The Labute approximate surface area is 196 Å². The van der Waals surface area contributed by atoms with Crippen molar-refractivity contribution in [3.63, 3.8) is 0 Å². The number of carboxylic acid groups (broad SMARTS) is 1. The van der Waals surface area contributed by atoms with Gasteiger partial charge in [0, 0.05) is 24.8 Å². The predicted molar refractivity (Wildman–Crippen MR) is 126 cm³/mol. The quantitative estimate of drug-likeness (QED) is 0.239. The fraction of sp³-hybridized carbons (Fsp3) is 0.760. The molecule has 4 aliphatic carbocycles. The summed E-state index contributed by atoms with van der Waals surface area (Å²) in [6.45, 7) is 5.12. The number of carbonyl (C=O) groups is 3. The summed E-state index contributed by atoms with van der Waals surface area (Å²) in [5.41, 5.74) is 11.9. The molecule has 6 atom stereocenters. The smallest absolute Gasteiger partial charge is 0.320 e. The lowest BCUT2D eigenvalue weighted by Gasteiger charge is -2.56. The molecule has 0 saturated heterocycles. The van der Waals surface area contributed by atoms with E-state index in [0.29, 0.717) is 48.7 Å². The van der Waals surface area contributed by atoms with E-state index in [1.807, 2.05) is 6.08 Å². The summed E-state index contributed by atoms with van der Waals surface area (Å²) in [6, 6.07) is -0.821. The highest BCUT2D eigenvalue weighted by Gasteiger charge is 2.58. The Kier molecular flexibility index (Phi) is 7.66. The fourth-order valence-corrected chi connectivity index (χ4v) is 7.00. The molecule has 33 heavy (non-hydrogen) atoms. The van der Waals surface area contributed by atoms with Gasteiger partial charge in [0.1, 0.15) is 11.8 Å². The molecule has 0 aromatic rings. The molecule has 0 heterocycles. The van der Waals surface area contributed by atoms with Gasteiger partial charge in [0.2, 0.25) is 0 Å². The van der Waals surface area contributed by atoms with Gasteiger partial charge in [0.25, 0.3) is 0 Å². The Morgan fingerprint density at radius 2 is 1.85 bits per heavy atom. The topological polar surface area (TPSA) is 159 Å². The molecule has 0 amide bonds. The number of fused-ring (bicyclic) bond motifs is 5. The summed E-state index contributed by atoms with van der Waals surface area (Å²) in [7, 11) is 0. The number of allylic oxidation sites excluding steroid dienone is 1. The molecule has 0 aromatic heterocycles. The molecule has 8 heteroatoms. The Morgan fingerprint density at radius 1 is 1.15 bits per heavy atom. The summed E-state index contributed by atoms with van der Waals surface area (Å²) in [4.78, 5) is 34.3. The zero-order chi connectivity index (χ0) is 24.4. The predicted octanol–water partition coefficient (Wildman–Crippen LogP) is 2.75. The first-order valence-corrected chi connectivity index (χ1v) is 12.3. The summed E-state index contributed by atoms with van der Waals surface area (Å²) in [5.74, 6) is 1.77. The molecule has 4 aliphatic rings. The van der Waals surface area contributed by atoms with Gasteiger partial charge >= 0.3 is 5.97 Å². The van der Waals surface area contributed by atoms with E-state index in [-0.39, 0.29) is 16.8 Å². The molecule has 0 aromatic carbocycles. The van der Waals surface area contributed by atoms with Crippen LogP contribution in [-0.2, 0) is 14.4 Å². The number of aliphatic carboxylic acids is 1. The summed E-state index contributed by atoms with van der Waals surface area (Å²) in [5, 5.41) is 17.7. The molecule has 7 N–H and O–H groups in total. The van der Waals surface area contributed by atoms with Gasteiger partial charge in [-0.3, -0.25) is 19.8 Å². The van der Waals surface area contributed by atoms with Crippen molar-refractivity contribution in [3.8, 4) is 0 Å². The van der Waals surface area contributed by atoms with Crippen LogP contribution in [0.15, 0.2) is 11.6 Å². The molecular formula is C25H40N4O4. The molecule has 4 rings (SSSR count). The highest BCUT2D eigenvalue weighted by Crippen LogP contribution is 2.64. The van der Waals surface area contributed by atoms with Crippen molar-refractivity contribution in [2.75, 3.05) is 6.54 Å². The van der Waals surface area contributed by atoms with E-state index >= 15 is 0 Å². The molecule has 0 spiro atoms. The van der Waals surface area contributed by atoms with Gasteiger partial charge in [0.05, 0.1) is 0 Å². The zero-order valence-corrected chi connectivity index (χ0v) is 20.0. The lowest BCUT2D eigenvalue weighted by molar-refractivity contribution is -0.138. The van der Waals surface area contributed by atoms with Crippen LogP contribution >= 0.6 is 0 Å². The van der Waals surface area contributed by atoms with Crippen molar-refractivity contribution in [1.82, 2.24) is 5.32 Å². The summed E-state index contributed by atoms with van der Waals surface area (Å²) < 4.78 is 0. The third kappa shape index (κ3) is 5.15. The van der Waals surface area contributed by atoms with Gasteiger partial charge in [-0.25, -0.2) is 0 Å². The zero-order valence-electron chi connectivity index (χ0n) is 20.0. The van der Waals surface area contributed by atoms with E-state index in [1.165, 1.54) is 18.4 Å². The lowest BCUT2D eigenvalue weighted by Crippen LogP contribution is -2.50. The first kappa shape index (κ1) is 25.4. The maximum Gasteiger partial charge on any atom is 0.320 e. The van der Waals surface area contributed by atoms with Gasteiger partial charge in [-0.2, -0.15) is 0 Å². The van der Waals surface area contributed by atoms with Gasteiger partial charge in [-0.05, 0) is 80.6 Å². The van der Waals surface area contributed by atoms with E-state index in [9.17, 15) is 14.4 Å². The van der Waals surface area contributed by atoms with E-state index < -0.39 is 12.0 Å². The molecule has 184 valence electrons. The largest absolute Gasteiger partial charge is 0.480 e. The van der Waals surface area contributed by atoms with Crippen molar-refractivity contribution in [2.24, 2.45) is 40.1 Å². The maximum atomic E-state index is 12.4. The van der Waals surface area contributed by atoms with Crippen LogP contribution in [0.5, 0.6) is 0 Å². The van der Waals surface area contributed by atoms with Crippen LogP contribution in [0.1, 0.15) is 78.1 Å². The minimum Gasteiger partial charge on any atom is -0.480 e. The highest BCUT2D eigenvalue weighted by atomic mass is 16.4. The lowest BCUT2D eigenvalue weighted by atomic mass is 9.47. The van der Waals surface area contributed by atoms with Crippen LogP contribution in [0.3, 0.4) is 0 Å². The van der Waals surface area contributed by atoms with E-state index in [2.05, 4.69) is 19.2 Å². The number of carboxylic acids is 1. The standard InChI is InChI=1S/C19H26O2.C6H14N4O2/c1-18-9-7-13(20)11-12(18)3-4-14-15-5-6-17(21)19(15,2)10-8-16(14)18;7-4(5(11)12)2-1-3-10-6(8)9/h11,14-16H,3-10H2,1-2H3;4H,1-3,7H2,(H,11,12)(H4,8,9,10)/t14-,15-,16-,18-,19-;/m0./s1. The van der Waals surface area contributed by atoms with Crippen LogP contribution < -0.4 is 16.8 Å². The average Bonchev–Trinajstić information content (AvgIpc) is 3.06. The van der Waals surface area contributed by atoms with E-state index in [1.54, 1.807) is 0 Å². The molecular weight excluding hydrogens is 420 g/mol. The van der Waals surface area contributed by atoms with Crippen LogP contribution in [0, 0.1) is 34.0 Å². The molecule has 8 nitrogen and oxygen atoms in total. The number of hydrogen-bond donors (Lipinski definition) is 5. The van der Waals surface area contributed by atoms with Crippen LogP contribution in [0.4, 0.5) is 0 Å². The number of ketones is 2. The van der Waals surface area contributed by atoms with Gasteiger partial charge < -0.3 is 21.9 Å². The third-order valence-electron chi connectivity index (χ3n) is 9.00. The van der Waals surface area contributed by atoms with Crippen molar-refractivity contribution in [1.29, 1.82) is 5.41 Å². The number of Topliss-reactive ketones (excluding diaryl/α,β-unsaturated/α-hetero) is 1. The second-order valence-electron chi connectivity index (χ2n) is 10.8. The Morgan fingerprint density at radius 3 is 2.52 bits per heavy atom. The van der Waals surface area contributed by atoms with E-state index in [4.69, 9.17) is 22.0 Å². The number of hydrogen-bond acceptors (Lipinski definition) is 5. The monoisotopic (exact) mass is 460 g/mol. The SMILES string of the molecule is C[C@]12CCC(=O)C=C1CC[C@@H]1[C@@H]2CC[C@]2(C)C(=O)CC[C@@H]12.N=C(N)NCCCC(N)C(=O)O. The Balaban J connectivity index is 0.000000221. The van der Waals surface area contributed by atoms with Crippen molar-refractivity contribution < 1.29 is 19.5 Å². The average molecular weight is 461 g/mol. The van der Waals surface area contributed by atoms with Crippen molar-refractivity contribution in [2.45, 2.75) is 84.1 Å². The number of nitrogens with two attached hydrogens (primary N) is 2. The van der Waals surface area contributed by atoms with Crippen molar-refractivity contribution >= 4 is 23.5 Å². The van der Waals surface area contributed by atoms with Crippen LogP contribution in [0.2, 0.25) is 0 Å². The highest BCUT2D eigenvalue weighted by molar-refractivity contribution is 5.91. The number of nitrogens with one attached hydrogen (secondary N) is 2. The van der Waals surface area contributed by atoms with Crippen LogP contribution in [-0.4, -0.2) is 41.2 Å². The van der Waals surface area contributed by atoms with Crippen molar-refractivity contribution in [3.05, 3.63) is 11.6 Å². The number of rotatable bonds is 5.